The molecule has 2 unspecified atom stereocenters. The van der Waals surface area contributed by atoms with E-state index >= 15 is 0 Å². The van der Waals surface area contributed by atoms with Gasteiger partial charge in [0, 0.05) is 30.8 Å². The minimum Gasteiger partial charge on any atom is -0.496 e. The molecule has 0 radical (unpaired) electrons. The summed E-state index contributed by atoms with van der Waals surface area (Å²) in [6, 6.07) is 14.2. The summed E-state index contributed by atoms with van der Waals surface area (Å²) in [5.74, 6) is 1.14. The molecule has 0 aliphatic heterocycles. The first-order valence-corrected chi connectivity index (χ1v) is 10.9. The first-order chi connectivity index (χ1) is 15.4. The van der Waals surface area contributed by atoms with Gasteiger partial charge in [-0.15, -0.1) is 0 Å². The van der Waals surface area contributed by atoms with Gasteiger partial charge < -0.3 is 24.4 Å². The van der Waals surface area contributed by atoms with Crippen molar-refractivity contribution in [2.24, 2.45) is 0 Å². The number of nitrogens with one attached hydrogen (secondary N) is 1. The van der Waals surface area contributed by atoms with Gasteiger partial charge in [-0.1, -0.05) is 44.2 Å². The highest BCUT2D eigenvalue weighted by Gasteiger charge is 2.29. The van der Waals surface area contributed by atoms with Gasteiger partial charge in [0.25, 0.3) is 5.91 Å². The molecular weight excluding hydrogens is 408 g/mol. The van der Waals surface area contributed by atoms with Crippen LogP contribution in [0.25, 0.3) is 0 Å². The maximum absolute atomic E-state index is 13.2. The smallest absolute Gasteiger partial charge is 0.261 e. The summed E-state index contributed by atoms with van der Waals surface area (Å²) in [6.45, 7) is 5.97. The SMILES string of the molecule is CCC(C)NC(=O)C(CC)N(Cc1ccccc1)C(=O)COc1cc(OC)cc(OC)c1. The Balaban J connectivity index is 2.22. The Morgan fingerprint density at radius 1 is 0.938 bits per heavy atom. The van der Waals surface area contributed by atoms with E-state index < -0.39 is 6.04 Å². The molecule has 1 N–H and O–H groups in total. The number of methoxy groups -OCH3 is 2. The number of benzene rings is 2. The van der Waals surface area contributed by atoms with Gasteiger partial charge in [0.2, 0.25) is 5.91 Å². The van der Waals surface area contributed by atoms with Crippen LogP contribution in [-0.2, 0) is 16.1 Å². The normalized spacial score (nSPS) is 12.4. The first kappa shape index (κ1) is 25.0. The summed E-state index contributed by atoms with van der Waals surface area (Å²) in [7, 11) is 3.10. The molecule has 0 saturated heterocycles. The first-order valence-electron chi connectivity index (χ1n) is 10.9. The van der Waals surface area contributed by atoms with Gasteiger partial charge in [0.1, 0.15) is 23.3 Å². The fourth-order valence-electron chi connectivity index (χ4n) is 3.23. The summed E-state index contributed by atoms with van der Waals surface area (Å²) < 4.78 is 16.3. The summed E-state index contributed by atoms with van der Waals surface area (Å²) in [6.07, 6.45) is 1.31. The highest BCUT2D eigenvalue weighted by molar-refractivity contribution is 5.88. The minimum absolute atomic E-state index is 0.0331. The van der Waals surface area contributed by atoms with E-state index in [9.17, 15) is 9.59 Å². The molecule has 2 aromatic carbocycles. The Labute approximate surface area is 190 Å². The molecular formula is C25H34N2O5. The number of carbonyl (C=O) groups is 2. The molecule has 0 aromatic heterocycles. The van der Waals surface area contributed by atoms with Crippen LogP contribution in [0.4, 0.5) is 0 Å². The van der Waals surface area contributed by atoms with Crippen molar-refractivity contribution in [1.29, 1.82) is 0 Å². The predicted molar refractivity (Wildman–Crippen MR) is 124 cm³/mol. The van der Waals surface area contributed by atoms with Gasteiger partial charge in [-0.25, -0.2) is 0 Å². The second-order valence-electron chi connectivity index (χ2n) is 7.59. The van der Waals surface area contributed by atoms with Gasteiger partial charge in [0.05, 0.1) is 14.2 Å². The zero-order valence-corrected chi connectivity index (χ0v) is 19.6. The lowest BCUT2D eigenvalue weighted by atomic mass is 10.1. The van der Waals surface area contributed by atoms with E-state index in [0.29, 0.717) is 30.2 Å². The van der Waals surface area contributed by atoms with E-state index in [1.54, 1.807) is 37.3 Å². The van der Waals surface area contributed by atoms with Gasteiger partial charge in [0.15, 0.2) is 6.61 Å². The Bertz CT molecular complexity index is 850. The Morgan fingerprint density at radius 2 is 1.53 bits per heavy atom. The molecule has 174 valence electrons. The maximum Gasteiger partial charge on any atom is 0.261 e. The number of nitrogens with zero attached hydrogens (tertiary/aromatic N) is 1. The van der Waals surface area contributed by atoms with Crippen LogP contribution in [0.5, 0.6) is 17.2 Å². The van der Waals surface area contributed by atoms with Crippen molar-refractivity contribution in [2.45, 2.75) is 52.2 Å². The lowest BCUT2D eigenvalue weighted by Crippen LogP contribution is -2.51. The summed E-state index contributed by atoms with van der Waals surface area (Å²) in [4.78, 5) is 27.8. The molecule has 0 bridgehead atoms. The number of rotatable bonds is 12. The number of amides is 2. The van der Waals surface area contributed by atoms with Crippen LogP contribution in [0.15, 0.2) is 48.5 Å². The monoisotopic (exact) mass is 442 g/mol. The number of carbonyl (C=O) groups excluding carboxylic acids is 2. The quantitative estimate of drug-likeness (QED) is 0.541. The van der Waals surface area contributed by atoms with Crippen molar-refractivity contribution in [1.82, 2.24) is 10.2 Å². The Kier molecular flexibility index (Phi) is 9.85. The Morgan fingerprint density at radius 3 is 2.06 bits per heavy atom. The molecule has 2 rings (SSSR count). The molecule has 0 saturated carbocycles. The number of hydrogen-bond donors (Lipinski definition) is 1. The highest BCUT2D eigenvalue weighted by Crippen LogP contribution is 2.27. The van der Waals surface area contributed by atoms with Crippen LogP contribution in [0.3, 0.4) is 0 Å². The number of hydrogen-bond acceptors (Lipinski definition) is 5. The summed E-state index contributed by atoms with van der Waals surface area (Å²) in [5, 5.41) is 3.00. The lowest BCUT2D eigenvalue weighted by molar-refractivity contribution is -0.143. The van der Waals surface area contributed by atoms with E-state index in [2.05, 4.69) is 5.32 Å². The average Bonchev–Trinajstić information content (AvgIpc) is 2.82. The molecule has 2 amide bonds. The van der Waals surface area contributed by atoms with Crippen LogP contribution in [0.1, 0.15) is 39.2 Å². The molecule has 0 aliphatic carbocycles. The molecule has 32 heavy (non-hydrogen) atoms. The van der Waals surface area contributed by atoms with E-state index in [0.717, 1.165) is 12.0 Å². The van der Waals surface area contributed by atoms with Crippen molar-refractivity contribution >= 4 is 11.8 Å². The molecule has 7 heteroatoms. The van der Waals surface area contributed by atoms with Crippen molar-refractivity contribution in [2.75, 3.05) is 20.8 Å². The molecule has 0 aliphatic rings. The van der Waals surface area contributed by atoms with Crippen molar-refractivity contribution in [3.05, 3.63) is 54.1 Å². The fourth-order valence-corrected chi connectivity index (χ4v) is 3.23. The van der Waals surface area contributed by atoms with Gasteiger partial charge >= 0.3 is 0 Å². The topological polar surface area (TPSA) is 77.1 Å². The molecule has 0 heterocycles. The molecule has 0 fully saturated rings. The van der Waals surface area contributed by atoms with Gasteiger partial charge in [-0.3, -0.25) is 9.59 Å². The summed E-state index contributed by atoms with van der Waals surface area (Å²) in [5.41, 5.74) is 0.943. The van der Waals surface area contributed by atoms with Crippen LogP contribution < -0.4 is 19.5 Å². The number of ether oxygens (including phenoxy) is 3. The summed E-state index contributed by atoms with van der Waals surface area (Å²) >= 11 is 0. The Hall–Kier alpha value is -3.22. The second kappa shape index (κ2) is 12.6. The van der Waals surface area contributed by atoms with Crippen LogP contribution >= 0.6 is 0 Å². The van der Waals surface area contributed by atoms with Crippen molar-refractivity contribution in [3.8, 4) is 17.2 Å². The van der Waals surface area contributed by atoms with E-state index in [1.165, 1.54) is 0 Å². The third kappa shape index (κ3) is 7.18. The molecule has 2 atom stereocenters. The molecule has 0 spiro atoms. The second-order valence-corrected chi connectivity index (χ2v) is 7.59. The zero-order valence-electron chi connectivity index (χ0n) is 19.6. The fraction of sp³-hybridized carbons (Fsp3) is 0.440. The average molecular weight is 443 g/mol. The minimum atomic E-state index is -0.597. The third-order valence-electron chi connectivity index (χ3n) is 5.27. The van der Waals surface area contributed by atoms with Crippen LogP contribution in [0.2, 0.25) is 0 Å². The molecule has 7 nitrogen and oxygen atoms in total. The van der Waals surface area contributed by atoms with E-state index in [-0.39, 0.29) is 24.5 Å². The highest BCUT2D eigenvalue weighted by atomic mass is 16.5. The lowest BCUT2D eigenvalue weighted by Gasteiger charge is -2.31. The van der Waals surface area contributed by atoms with Gasteiger partial charge in [-0.05, 0) is 25.3 Å². The van der Waals surface area contributed by atoms with Gasteiger partial charge in [-0.2, -0.15) is 0 Å². The zero-order chi connectivity index (χ0) is 23.5. The maximum atomic E-state index is 13.2. The van der Waals surface area contributed by atoms with Crippen LogP contribution in [0, 0.1) is 0 Å². The largest absolute Gasteiger partial charge is 0.496 e. The molecule has 2 aromatic rings. The van der Waals surface area contributed by atoms with Crippen LogP contribution in [-0.4, -0.2) is 49.6 Å². The van der Waals surface area contributed by atoms with E-state index in [1.807, 2.05) is 51.1 Å². The third-order valence-corrected chi connectivity index (χ3v) is 5.27. The van der Waals surface area contributed by atoms with Crippen molar-refractivity contribution < 1.29 is 23.8 Å². The van der Waals surface area contributed by atoms with E-state index in [4.69, 9.17) is 14.2 Å². The standard InChI is InChI=1S/C25H34N2O5/c1-6-18(3)26-25(29)23(7-2)27(16-19-11-9-8-10-12-19)24(28)17-32-22-14-20(30-4)13-21(15-22)31-5/h8-15,18,23H,6-7,16-17H2,1-5H3,(H,26,29). The van der Waals surface area contributed by atoms with Crippen molar-refractivity contribution in [3.63, 3.8) is 0 Å². The predicted octanol–water partition coefficient (Wildman–Crippen LogP) is 3.80.